The van der Waals surface area contributed by atoms with Crippen LogP contribution in [0, 0.1) is 0 Å². The molecule has 0 radical (unpaired) electrons. The van der Waals surface area contributed by atoms with E-state index in [1.807, 2.05) is 11.9 Å². The lowest BCUT2D eigenvalue weighted by Crippen LogP contribution is -2.53. The van der Waals surface area contributed by atoms with E-state index < -0.39 is 0 Å². The highest BCUT2D eigenvalue weighted by atomic mass is 16.2. The Bertz CT molecular complexity index is 513. The molecule has 0 bridgehead atoms. The summed E-state index contributed by atoms with van der Waals surface area (Å²) in [4.78, 5) is 19.4. The summed E-state index contributed by atoms with van der Waals surface area (Å²) in [7, 11) is 2.02. The molecule has 1 atom stereocenters. The molecule has 2 aliphatic heterocycles. The Morgan fingerprint density at radius 3 is 2.54 bits per heavy atom. The highest BCUT2D eigenvalue weighted by Gasteiger charge is 2.25. The quantitative estimate of drug-likeness (QED) is 0.875. The number of benzene rings is 1. The van der Waals surface area contributed by atoms with Crippen molar-refractivity contribution < 1.29 is 4.79 Å². The molecule has 1 amide bonds. The first-order valence-electron chi connectivity index (χ1n) is 9.18. The van der Waals surface area contributed by atoms with Gasteiger partial charge < -0.3 is 10.2 Å². The smallest absolute Gasteiger partial charge is 0.236 e. The van der Waals surface area contributed by atoms with E-state index in [2.05, 4.69) is 45.4 Å². The molecule has 0 saturated carbocycles. The van der Waals surface area contributed by atoms with Gasteiger partial charge in [0, 0.05) is 45.3 Å². The molecule has 2 heterocycles. The maximum Gasteiger partial charge on any atom is 0.236 e. The van der Waals surface area contributed by atoms with Crippen LogP contribution < -0.4 is 5.32 Å². The minimum Gasteiger partial charge on any atom is -0.339 e. The number of nitrogens with zero attached hydrogens (tertiary/aromatic N) is 3. The Hall–Kier alpha value is -1.43. The van der Waals surface area contributed by atoms with Crippen LogP contribution in [0.5, 0.6) is 0 Å². The predicted molar refractivity (Wildman–Crippen MR) is 96.8 cm³/mol. The number of carbonyl (C=O) groups is 1. The standard InChI is InChI=1S/C19H30N4O/c1-20-18-8-5-9-22(15-18)16-19(24)23-12-10-21(11-13-23)14-17-6-3-2-4-7-17/h2-4,6-7,18,20H,5,8-16H2,1H3. The van der Waals surface area contributed by atoms with Crippen molar-refractivity contribution >= 4 is 5.91 Å². The van der Waals surface area contributed by atoms with Crippen molar-refractivity contribution in [2.75, 3.05) is 52.9 Å². The van der Waals surface area contributed by atoms with Gasteiger partial charge in [-0.25, -0.2) is 0 Å². The highest BCUT2D eigenvalue weighted by molar-refractivity contribution is 5.78. The van der Waals surface area contributed by atoms with Crippen molar-refractivity contribution in [1.82, 2.24) is 20.0 Å². The maximum atomic E-state index is 12.6. The second-order valence-electron chi connectivity index (χ2n) is 7.01. The fraction of sp³-hybridized carbons (Fsp3) is 0.632. The van der Waals surface area contributed by atoms with Crippen LogP contribution >= 0.6 is 0 Å². The topological polar surface area (TPSA) is 38.8 Å². The van der Waals surface area contributed by atoms with E-state index in [1.54, 1.807) is 0 Å². The number of carbonyl (C=O) groups excluding carboxylic acids is 1. The molecule has 132 valence electrons. The van der Waals surface area contributed by atoms with E-state index in [0.717, 1.165) is 45.8 Å². The minimum atomic E-state index is 0.297. The number of piperazine rings is 1. The molecule has 2 fully saturated rings. The van der Waals surface area contributed by atoms with Crippen LogP contribution in [-0.4, -0.2) is 79.5 Å². The molecule has 2 aliphatic rings. The molecule has 0 spiro atoms. The number of nitrogens with one attached hydrogen (secondary N) is 1. The van der Waals surface area contributed by atoms with Crippen LogP contribution in [0.1, 0.15) is 18.4 Å². The van der Waals surface area contributed by atoms with E-state index in [-0.39, 0.29) is 0 Å². The van der Waals surface area contributed by atoms with Gasteiger partial charge in [-0.15, -0.1) is 0 Å². The van der Waals surface area contributed by atoms with Crippen molar-refractivity contribution in [3.8, 4) is 0 Å². The van der Waals surface area contributed by atoms with Gasteiger partial charge in [0.15, 0.2) is 0 Å². The van der Waals surface area contributed by atoms with Crippen molar-refractivity contribution in [1.29, 1.82) is 0 Å². The van der Waals surface area contributed by atoms with Gasteiger partial charge in [0.05, 0.1) is 6.54 Å². The lowest BCUT2D eigenvalue weighted by molar-refractivity contribution is -0.134. The van der Waals surface area contributed by atoms with Crippen LogP contribution in [0.15, 0.2) is 30.3 Å². The van der Waals surface area contributed by atoms with Gasteiger partial charge in [-0.05, 0) is 32.0 Å². The molecular weight excluding hydrogens is 300 g/mol. The number of likely N-dealkylation sites (tertiary alicyclic amines) is 1. The van der Waals surface area contributed by atoms with Crippen LogP contribution in [0.25, 0.3) is 0 Å². The lowest BCUT2D eigenvalue weighted by atomic mass is 10.1. The summed E-state index contributed by atoms with van der Waals surface area (Å²) in [5.74, 6) is 0.297. The van der Waals surface area contributed by atoms with Gasteiger partial charge in [0.2, 0.25) is 5.91 Å². The zero-order valence-electron chi connectivity index (χ0n) is 14.8. The van der Waals surface area contributed by atoms with Gasteiger partial charge in [-0.3, -0.25) is 14.6 Å². The zero-order chi connectivity index (χ0) is 16.8. The van der Waals surface area contributed by atoms with E-state index >= 15 is 0 Å². The van der Waals surface area contributed by atoms with E-state index in [4.69, 9.17) is 0 Å². The van der Waals surface area contributed by atoms with E-state index in [9.17, 15) is 4.79 Å². The molecule has 1 aromatic rings. The molecule has 2 saturated heterocycles. The van der Waals surface area contributed by atoms with Crippen LogP contribution in [0.4, 0.5) is 0 Å². The van der Waals surface area contributed by atoms with Crippen LogP contribution in [0.2, 0.25) is 0 Å². The maximum absolute atomic E-state index is 12.6. The summed E-state index contributed by atoms with van der Waals surface area (Å²) < 4.78 is 0. The van der Waals surface area contributed by atoms with E-state index in [0.29, 0.717) is 18.5 Å². The summed E-state index contributed by atoms with van der Waals surface area (Å²) in [5.41, 5.74) is 1.35. The molecule has 1 unspecified atom stereocenters. The molecule has 5 nitrogen and oxygen atoms in total. The predicted octanol–water partition coefficient (Wildman–Crippen LogP) is 1.01. The molecule has 1 aromatic carbocycles. The van der Waals surface area contributed by atoms with Gasteiger partial charge in [-0.2, -0.15) is 0 Å². The summed E-state index contributed by atoms with van der Waals surface area (Å²) in [5, 5.41) is 3.34. The Balaban J connectivity index is 1.42. The first-order chi connectivity index (χ1) is 11.7. The van der Waals surface area contributed by atoms with Gasteiger partial charge in [-0.1, -0.05) is 30.3 Å². The SMILES string of the molecule is CNC1CCCN(CC(=O)N2CCN(Cc3ccccc3)CC2)C1. The minimum absolute atomic E-state index is 0.297. The van der Waals surface area contributed by atoms with E-state index in [1.165, 1.54) is 18.4 Å². The molecule has 24 heavy (non-hydrogen) atoms. The van der Waals surface area contributed by atoms with Crippen molar-refractivity contribution in [2.45, 2.75) is 25.4 Å². The third-order valence-corrected chi connectivity index (χ3v) is 5.25. The van der Waals surface area contributed by atoms with Crippen molar-refractivity contribution in [2.24, 2.45) is 0 Å². The summed E-state index contributed by atoms with van der Waals surface area (Å²) in [6.07, 6.45) is 2.41. The van der Waals surface area contributed by atoms with Gasteiger partial charge in [0.25, 0.3) is 0 Å². The zero-order valence-corrected chi connectivity index (χ0v) is 14.8. The van der Waals surface area contributed by atoms with Gasteiger partial charge in [0.1, 0.15) is 0 Å². The monoisotopic (exact) mass is 330 g/mol. The number of hydrogen-bond acceptors (Lipinski definition) is 4. The summed E-state index contributed by atoms with van der Waals surface area (Å²) >= 11 is 0. The Labute approximate surface area is 145 Å². The molecule has 1 N–H and O–H groups in total. The fourth-order valence-corrected chi connectivity index (χ4v) is 3.72. The first kappa shape index (κ1) is 17.4. The Morgan fingerprint density at radius 2 is 1.83 bits per heavy atom. The molecule has 0 aliphatic carbocycles. The normalized spacial score (nSPS) is 23.4. The summed E-state index contributed by atoms with van der Waals surface area (Å²) in [6, 6.07) is 11.1. The number of rotatable bonds is 5. The number of piperidine rings is 1. The third-order valence-electron chi connectivity index (χ3n) is 5.25. The molecule has 5 heteroatoms. The fourth-order valence-electron chi connectivity index (χ4n) is 3.72. The summed E-state index contributed by atoms with van der Waals surface area (Å²) in [6.45, 7) is 7.27. The second-order valence-corrected chi connectivity index (χ2v) is 7.01. The van der Waals surface area contributed by atoms with Crippen LogP contribution in [0.3, 0.4) is 0 Å². The first-order valence-corrected chi connectivity index (χ1v) is 9.18. The number of amides is 1. The lowest BCUT2D eigenvalue weighted by Gasteiger charge is -2.37. The largest absolute Gasteiger partial charge is 0.339 e. The van der Waals surface area contributed by atoms with Gasteiger partial charge >= 0.3 is 0 Å². The second kappa shape index (κ2) is 8.60. The number of hydrogen-bond donors (Lipinski definition) is 1. The molecular formula is C19H30N4O. The van der Waals surface area contributed by atoms with Crippen LogP contribution in [-0.2, 0) is 11.3 Å². The third kappa shape index (κ3) is 4.79. The number of likely N-dealkylation sites (N-methyl/N-ethyl adjacent to an activating group) is 1. The van der Waals surface area contributed by atoms with Crippen molar-refractivity contribution in [3.63, 3.8) is 0 Å². The highest BCUT2D eigenvalue weighted by Crippen LogP contribution is 2.12. The molecule has 3 rings (SSSR count). The average molecular weight is 330 g/mol. The molecule has 0 aromatic heterocycles. The average Bonchev–Trinajstić information content (AvgIpc) is 2.63. The Kier molecular flexibility index (Phi) is 6.24. The Morgan fingerprint density at radius 1 is 1.08 bits per heavy atom. The van der Waals surface area contributed by atoms with Crippen molar-refractivity contribution in [3.05, 3.63) is 35.9 Å².